The highest BCUT2D eigenvalue weighted by atomic mass is 15.1. The monoisotopic (exact) mass is 161 g/mol. The van der Waals surface area contributed by atoms with Gasteiger partial charge in [-0.3, -0.25) is 4.98 Å². The van der Waals surface area contributed by atoms with Crippen molar-refractivity contribution in [2.75, 3.05) is 0 Å². The molecule has 0 radical (unpaired) electrons. The van der Waals surface area contributed by atoms with Gasteiger partial charge in [-0.25, -0.2) is 0 Å². The summed E-state index contributed by atoms with van der Waals surface area (Å²) in [6, 6.07) is 3.81. The Morgan fingerprint density at radius 3 is 2.58 bits per heavy atom. The van der Waals surface area contributed by atoms with E-state index in [0.29, 0.717) is 0 Å². The predicted molar refractivity (Wildman–Crippen MR) is 48.7 cm³/mol. The van der Waals surface area contributed by atoms with E-state index in [1.165, 1.54) is 0 Å². The second kappa shape index (κ2) is 4.38. The minimum absolute atomic E-state index is 0.838. The standard InChI is InChI=1S/C7H5N3.C2H6/c1-3-8-5-7-6(1)2-4-9-10-7;1-2/h1-5H;1-2H3. The molecule has 0 bridgehead atoms. The van der Waals surface area contributed by atoms with Crippen LogP contribution in [0.3, 0.4) is 0 Å². The number of fused-ring (bicyclic) bond motifs is 1. The highest BCUT2D eigenvalue weighted by molar-refractivity contribution is 5.75. The second-order valence-corrected chi connectivity index (χ2v) is 1.97. The van der Waals surface area contributed by atoms with Gasteiger partial charge in [0.2, 0.25) is 0 Å². The van der Waals surface area contributed by atoms with Crippen LogP contribution in [0.15, 0.2) is 30.7 Å². The number of aromatic nitrogens is 3. The molecule has 0 fully saturated rings. The van der Waals surface area contributed by atoms with Crippen molar-refractivity contribution in [2.24, 2.45) is 0 Å². The molecule has 0 aliphatic heterocycles. The van der Waals surface area contributed by atoms with Crippen LogP contribution >= 0.6 is 0 Å². The quantitative estimate of drug-likeness (QED) is 0.593. The third-order valence-corrected chi connectivity index (χ3v) is 1.32. The Labute approximate surface area is 71.5 Å². The maximum absolute atomic E-state index is 3.91. The Kier molecular flexibility index (Phi) is 3.14. The summed E-state index contributed by atoms with van der Waals surface area (Å²) >= 11 is 0. The topological polar surface area (TPSA) is 38.7 Å². The predicted octanol–water partition coefficient (Wildman–Crippen LogP) is 2.05. The zero-order chi connectivity index (χ0) is 8.81. The van der Waals surface area contributed by atoms with Gasteiger partial charge in [-0.05, 0) is 12.1 Å². The Morgan fingerprint density at radius 2 is 1.83 bits per heavy atom. The zero-order valence-corrected chi connectivity index (χ0v) is 7.23. The minimum atomic E-state index is 0.838. The molecule has 2 heterocycles. The number of nitrogens with zero attached hydrogens (tertiary/aromatic N) is 3. The molecule has 2 aromatic heterocycles. The van der Waals surface area contributed by atoms with Crippen LogP contribution in [0.2, 0.25) is 0 Å². The van der Waals surface area contributed by atoms with Crippen LogP contribution in [0.25, 0.3) is 10.9 Å². The molecule has 0 atom stereocenters. The first-order valence-corrected chi connectivity index (χ1v) is 3.98. The molecule has 0 aliphatic carbocycles. The van der Waals surface area contributed by atoms with Gasteiger partial charge in [-0.1, -0.05) is 13.8 Å². The molecule has 0 unspecified atom stereocenters. The van der Waals surface area contributed by atoms with E-state index in [4.69, 9.17) is 0 Å². The lowest BCUT2D eigenvalue weighted by atomic mass is 10.3. The van der Waals surface area contributed by atoms with E-state index < -0.39 is 0 Å². The van der Waals surface area contributed by atoms with Crippen molar-refractivity contribution < 1.29 is 0 Å². The zero-order valence-electron chi connectivity index (χ0n) is 7.23. The summed E-state index contributed by atoms with van der Waals surface area (Å²) in [5.74, 6) is 0. The summed E-state index contributed by atoms with van der Waals surface area (Å²) in [6.07, 6.45) is 5.11. The average Bonchev–Trinajstić information content (AvgIpc) is 2.21. The molecule has 0 spiro atoms. The molecule has 0 aromatic carbocycles. The first-order chi connectivity index (χ1) is 5.97. The Hall–Kier alpha value is -1.51. The number of rotatable bonds is 0. The van der Waals surface area contributed by atoms with Crippen molar-refractivity contribution in [3.63, 3.8) is 0 Å². The summed E-state index contributed by atoms with van der Waals surface area (Å²) in [5.41, 5.74) is 0.838. The molecule has 3 nitrogen and oxygen atoms in total. The normalized spacial score (nSPS) is 8.83. The van der Waals surface area contributed by atoms with Gasteiger partial charge < -0.3 is 0 Å². The molecule has 3 heteroatoms. The summed E-state index contributed by atoms with van der Waals surface area (Å²) in [5, 5.41) is 8.67. The third kappa shape index (κ3) is 1.75. The fourth-order valence-electron chi connectivity index (χ4n) is 0.831. The van der Waals surface area contributed by atoms with Crippen LogP contribution in [0.4, 0.5) is 0 Å². The largest absolute Gasteiger partial charge is 0.262 e. The summed E-state index contributed by atoms with van der Waals surface area (Å²) in [4.78, 5) is 3.91. The Morgan fingerprint density at radius 1 is 1.08 bits per heavy atom. The summed E-state index contributed by atoms with van der Waals surface area (Å²) < 4.78 is 0. The molecular formula is C9H11N3. The molecule has 0 saturated heterocycles. The smallest absolute Gasteiger partial charge is 0.111 e. The van der Waals surface area contributed by atoms with E-state index in [-0.39, 0.29) is 0 Å². The molecule has 0 saturated carbocycles. The fraction of sp³-hybridized carbons (Fsp3) is 0.222. The van der Waals surface area contributed by atoms with Gasteiger partial charge in [-0.15, -0.1) is 5.10 Å². The molecule has 0 aliphatic rings. The summed E-state index contributed by atoms with van der Waals surface area (Å²) in [6.45, 7) is 4.00. The highest BCUT2D eigenvalue weighted by Gasteiger charge is 1.88. The van der Waals surface area contributed by atoms with Crippen LogP contribution in [-0.4, -0.2) is 15.2 Å². The van der Waals surface area contributed by atoms with Gasteiger partial charge in [0.25, 0.3) is 0 Å². The molecule has 62 valence electrons. The lowest BCUT2D eigenvalue weighted by Crippen LogP contribution is -1.81. The van der Waals surface area contributed by atoms with Crippen LogP contribution < -0.4 is 0 Å². The van der Waals surface area contributed by atoms with Gasteiger partial charge in [0.1, 0.15) is 5.52 Å². The molecule has 0 amide bonds. The summed E-state index contributed by atoms with van der Waals surface area (Å²) in [7, 11) is 0. The first kappa shape index (κ1) is 8.59. The first-order valence-electron chi connectivity index (χ1n) is 3.98. The van der Waals surface area contributed by atoms with E-state index in [0.717, 1.165) is 10.9 Å². The van der Waals surface area contributed by atoms with E-state index in [9.17, 15) is 0 Å². The van der Waals surface area contributed by atoms with Gasteiger partial charge in [0, 0.05) is 11.6 Å². The van der Waals surface area contributed by atoms with Gasteiger partial charge in [0.05, 0.1) is 12.4 Å². The van der Waals surface area contributed by atoms with E-state index in [2.05, 4.69) is 15.2 Å². The van der Waals surface area contributed by atoms with Crippen LogP contribution in [0, 0.1) is 0 Å². The van der Waals surface area contributed by atoms with Crippen LogP contribution in [-0.2, 0) is 0 Å². The fourth-order valence-corrected chi connectivity index (χ4v) is 0.831. The van der Waals surface area contributed by atoms with Crippen LogP contribution in [0.5, 0.6) is 0 Å². The highest BCUT2D eigenvalue weighted by Crippen LogP contribution is 2.04. The van der Waals surface area contributed by atoms with Crippen molar-refractivity contribution >= 4 is 10.9 Å². The van der Waals surface area contributed by atoms with E-state index >= 15 is 0 Å². The minimum Gasteiger partial charge on any atom is -0.262 e. The molecule has 0 N–H and O–H groups in total. The molecular weight excluding hydrogens is 150 g/mol. The van der Waals surface area contributed by atoms with Gasteiger partial charge >= 0.3 is 0 Å². The van der Waals surface area contributed by atoms with Crippen molar-refractivity contribution in [1.29, 1.82) is 0 Å². The maximum Gasteiger partial charge on any atom is 0.111 e. The average molecular weight is 161 g/mol. The lowest BCUT2D eigenvalue weighted by molar-refractivity contribution is 1.07. The van der Waals surface area contributed by atoms with E-state index in [1.54, 1.807) is 18.6 Å². The lowest BCUT2D eigenvalue weighted by Gasteiger charge is -1.89. The van der Waals surface area contributed by atoms with Crippen molar-refractivity contribution in [3.8, 4) is 0 Å². The third-order valence-electron chi connectivity index (χ3n) is 1.32. The van der Waals surface area contributed by atoms with Crippen molar-refractivity contribution in [2.45, 2.75) is 13.8 Å². The van der Waals surface area contributed by atoms with Gasteiger partial charge in [0.15, 0.2) is 0 Å². The van der Waals surface area contributed by atoms with E-state index in [1.807, 2.05) is 26.0 Å². The molecule has 12 heavy (non-hydrogen) atoms. The van der Waals surface area contributed by atoms with Crippen molar-refractivity contribution in [3.05, 3.63) is 30.7 Å². The Bertz CT molecular complexity index is 281. The number of hydrogen-bond donors (Lipinski definition) is 0. The molecule has 2 rings (SSSR count). The number of hydrogen-bond acceptors (Lipinski definition) is 3. The SMILES string of the molecule is CC.c1cc2ccnnc2cn1. The number of pyridine rings is 1. The van der Waals surface area contributed by atoms with Gasteiger partial charge in [-0.2, -0.15) is 5.10 Å². The molecule has 2 aromatic rings. The van der Waals surface area contributed by atoms with Crippen molar-refractivity contribution in [1.82, 2.24) is 15.2 Å². The second-order valence-electron chi connectivity index (χ2n) is 1.97. The Balaban J connectivity index is 0.000000336. The van der Waals surface area contributed by atoms with Crippen LogP contribution in [0.1, 0.15) is 13.8 Å². The maximum atomic E-state index is 3.91.